The van der Waals surface area contributed by atoms with E-state index in [2.05, 4.69) is 0 Å². The molecule has 9 heteroatoms. The maximum absolute atomic E-state index is 13.2. The number of ether oxygens (including phenoxy) is 1. The van der Waals surface area contributed by atoms with Crippen molar-refractivity contribution in [2.75, 3.05) is 26.8 Å². The van der Waals surface area contributed by atoms with Gasteiger partial charge in [0.15, 0.2) is 0 Å². The van der Waals surface area contributed by atoms with Gasteiger partial charge < -0.3 is 19.3 Å². The first-order chi connectivity index (χ1) is 12.7. The molecular weight excluding hydrogens is 365 g/mol. The number of carbonyl (C=O) groups excluding carboxylic acids is 1. The molecule has 2 atom stereocenters. The molecule has 0 spiro atoms. The molecule has 1 saturated heterocycles. The van der Waals surface area contributed by atoms with E-state index in [1.54, 1.807) is 36.1 Å². The van der Waals surface area contributed by atoms with E-state index >= 15 is 0 Å². The Labute approximate surface area is 153 Å². The highest BCUT2D eigenvalue weighted by molar-refractivity contribution is 6.07. The topological polar surface area (TPSA) is 71.8 Å². The van der Waals surface area contributed by atoms with E-state index in [0.29, 0.717) is 18.5 Å². The summed E-state index contributed by atoms with van der Waals surface area (Å²) in [6.45, 7) is -0.229. The minimum atomic E-state index is -4.68. The van der Waals surface area contributed by atoms with Gasteiger partial charge in [0.1, 0.15) is 0 Å². The molecule has 27 heavy (non-hydrogen) atoms. The summed E-state index contributed by atoms with van der Waals surface area (Å²) in [5.74, 6) is -5.87. The average Bonchev–Trinajstić information content (AvgIpc) is 3.22. The molecule has 0 radical (unpaired) electrons. The van der Waals surface area contributed by atoms with Crippen LogP contribution in [0.15, 0.2) is 30.5 Å². The molecule has 1 aliphatic rings. The second kappa shape index (κ2) is 7.22. The molecule has 1 aliphatic heterocycles. The predicted octanol–water partition coefficient (Wildman–Crippen LogP) is 2.62. The Morgan fingerprint density at radius 2 is 1.96 bits per heavy atom. The molecule has 146 valence electrons. The molecule has 1 fully saturated rings. The number of hydrogen-bond acceptors (Lipinski definition) is 3. The van der Waals surface area contributed by atoms with Gasteiger partial charge in [0, 0.05) is 43.8 Å². The van der Waals surface area contributed by atoms with Crippen LogP contribution in [0.5, 0.6) is 0 Å². The van der Waals surface area contributed by atoms with Crippen molar-refractivity contribution in [1.82, 2.24) is 9.47 Å². The number of carbonyl (C=O) groups is 2. The third-order valence-electron chi connectivity index (χ3n) is 4.90. The summed E-state index contributed by atoms with van der Waals surface area (Å²) < 4.78 is 46.4. The number of aliphatic carboxylic acids is 1. The average molecular weight is 384 g/mol. The third kappa shape index (κ3) is 3.64. The van der Waals surface area contributed by atoms with Crippen LogP contribution in [0.25, 0.3) is 10.9 Å². The molecule has 2 heterocycles. The van der Waals surface area contributed by atoms with Crippen LogP contribution in [0, 0.1) is 11.8 Å². The van der Waals surface area contributed by atoms with Crippen molar-refractivity contribution < 1.29 is 32.6 Å². The van der Waals surface area contributed by atoms with E-state index in [-0.39, 0.29) is 5.56 Å². The number of halogens is 3. The zero-order valence-corrected chi connectivity index (χ0v) is 14.6. The first-order valence-electron chi connectivity index (χ1n) is 8.39. The van der Waals surface area contributed by atoms with Gasteiger partial charge in [-0.3, -0.25) is 9.59 Å². The number of likely N-dealkylation sites (tertiary alicyclic amines) is 1. The maximum Gasteiger partial charge on any atom is 0.394 e. The number of alkyl halides is 3. The number of carboxylic acids is 1. The van der Waals surface area contributed by atoms with Gasteiger partial charge in [-0.05, 0) is 6.07 Å². The minimum absolute atomic E-state index is 0.258. The number of carboxylic acid groups (broad SMARTS) is 1. The number of rotatable bonds is 5. The van der Waals surface area contributed by atoms with Crippen LogP contribution < -0.4 is 0 Å². The Morgan fingerprint density at radius 3 is 2.56 bits per heavy atom. The highest BCUT2D eigenvalue weighted by atomic mass is 19.4. The van der Waals surface area contributed by atoms with Gasteiger partial charge in [-0.15, -0.1) is 0 Å². The van der Waals surface area contributed by atoms with Crippen molar-refractivity contribution in [1.29, 1.82) is 0 Å². The van der Waals surface area contributed by atoms with Gasteiger partial charge in [-0.2, -0.15) is 13.2 Å². The highest BCUT2D eigenvalue weighted by Gasteiger charge is 2.53. The molecule has 0 saturated carbocycles. The molecule has 3 rings (SSSR count). The maximum atomic E-state index is 13.2. The van der Waals surface area contributed by atoms with Gasteiger partial charge in [0.25, 0.3) is 5.91 Å². The van der Waals surface area contributed by atoms with Crippen LogP contribution in [-0.4, -0.2) is 59.4 Å². The largest absolute Gasteiger partial charge is 0.481 e. The van der Waals surface area contributed by atoms with Gasteiger partial charge in [-0.1, -0.05) is 18.2 Å². The van der Waals surface area contributed by atoms with Crippen molar-refractivity contribution in [3.63, 3.8) is 0 Å². The van der Waals surface area contributed by atoms with Gasteiger partial charge in [0.2, 0.25) is 0 Å². The van der Waals surface area contributed by atoms with Crippen molar-refractivity contribution in [3.8, 4) is 0 Å². The molecular formula is C18H19F3N2O4. The fraction of sp³-hybridized carbons (Fsp3) is 0.444. The second-order valence-corrected chi connectivity index (χ2v) is 6.55. The third-order valence-corrected chi connectivity index (χ3v) is 4.90. The number of benzene rings is 1. The van der Waals surface area contributed by atoms with Crippen molar-refractivity contribution in [2.24, 2.45) is 11.8 Å². The van der Waals surface area contributed by atoms with Crippen molar-refractivity contribution >= 4 is 22.8 Å². The molecule has 1 N–H and O–H groups in total. The quantitative estimate of drug-likeness (QED) is 0.860. The van der Waals surface area contributed by atoms with Crippen LogP contribution in [0.4, 0.5) is 13.2 Å². The SMILES string of the molecule is COCCn1cc(C(=O)N2C[C@@H](C(F)(F)F)[C@H](C(=O)O)C2)c2ccccc21. The number of para-hydroxylation sites is 1. The molecule has 1 amide bonds. The second-order valence-electron chi connectivity index (χ2n) is 6.55. The molecule has 1 aromatic heterocycles. The van der Waals surface area contributed by atoms with E-state index in [4.69, 9.17) is 9.84 Å². The van der Waals surface area contributed by atoms with Crippen LogP contribution >= 0.6 is 0 Å². The number of fused-ring (bicyclic) bond motifs is 1. The van der Waals surface area contributed by atoms with Gasteiger partial charge >= 0.3 is 12.1 Å². The number of aromatic nitrogens is 1. The molecule has 0 unspecified atom stereocenters. The van der Waals surface area contributed by atoms with Crippen LogP contribution in [0.1, 0.15) is 10.4 Å². The lowest BCUT2D eigenvalue weighted by atomic mass is 9.96. The zero-order chi connectivity index (χ0) is 19.8. The minimum Gasteiger partial charge on any atom is -0.481 e. The summed E-state index contributed by atoms with van der Waals surface area (Å²) >= 11 is 0. The Kier molecular flexibility index (Phi) is 5.14. The zero-order valence-electron chi connectivity index (χ0n) is 14.6. The monoisotopic (exact) mass is 384 g/mol. The Balaban J connectivity index is 1.93. The first kappa shape index (κ1) is 19.2. The lowest BCUT2D eigenvalue weighted by Crippen LogP contribution is -2.34. The number of hydrogen-bond donors (Lipinski definition) is 1. The molecule has 2 aromatic rings. The van der Waals surface area contributed by atoms with Gasteiger partial charge in [-0.25, -0.2) is 0 Å². The number of nitrogens with zero attached hydrogens (tertiary/aromatic N) is 2. The predicted molar refractivity (Wildman–Crippen MR) is 90.4 cm³/mol. The normalized spacial score (nSPS) is 20.4. The van der Waals surface area contributed by atoms with Crippen LogP contribution in [0.3, 0.4) is 0 Å². The fourth-order valence-electron chi connectivity index (χ4n) is 3.51. The molecule has 0 bridgehead atoms. The molecule has 1 aromatic carbocycles. The van der Waals surface area contributed by atoms with E-state index < -0.39 is 43.0 Å². The Bertz CT molecular complexity index is 862. The smallest absolute Gasteiger partial charge is 0.394 e. The standard InChI is InChI=1S/C18H19F3N2O4/c1-27-7-6-22-8-12(11-4-2-3-5-15(11)22)16(24)23-9-13(17(25)26)14(10-23)18(19,20)21/h2-5,8,13-14H,6-7,9-10H2,1H3,(H,25,26)/t13-,14-/m1/s1. The Morgan fingerprint density at radius 1 is 1.26 bits per heavy atom. The van der Waals surface area contributed by atoms with Crippen molar-refractivity contribution in [3.05, 3.63) is 36.0 Å². The summed E-state index contributed by atoms with van der Waals surface area (Å²) in [4.78, 5) is 25.1. The van der Waals surface area contributed by atoms with E-state index in [1.165, 1.54) is 0 Å². The van der Waals surface area contributed by atoms with E-state index in [9.17, 15) is 22.8 Å². The van der Waals surface area contributed by atoms with E-state index in [0.717, 1.165) is 10.4 Å². The van der Waals surface area contributed by atoms with Gasteiger partial charge in [0.05, 0.1) is 24.0 Å². The fourth-order valence-corrected chi connectivity index (χ4v) is 3.51. The lowest BCUT2D eigenvalue weighted by molar-refractivity contribution is -0.187. The number of methoxy groups -OCH3 is 1. The van der Waals surface area contributed by atoms with Crippen molar-refractivity contribution in [2.45, 2.75) is 12.7 Å². The summed E-state index contributed by atoms with van der Waals surface area (Å²) in [6, 6.07) is 7.07. The summed E-state index contributed by atoms with van der Waals surface area (Å²) in [5, 5.41) is 9.75. The van der Waals surface area contributed by atoms with Crippen LogP contribution in [-0.2, 0) is 16.1 Å². The highest BCUT2D eigenvalue weighted by Crippen LogP contribution is 2.38. The summed E-state index contributed by atoms with van der Waals surface area (Å²) in [5.41, 5.74) is 1.02. The lowest BCUT2D eigenvalue weighted by Gasteiger charge is -2.18. The summed E-state index contributed by atoms with van der Waals surface area (Å²) in [7, 11) is 1.55. The molecule has 6 nitrogen and oxygen atoms in total. The van der Waals surface area contributed by atoms with Crippen LogP contribution in [0.2, 0.25) is 0 Å². The summed E-state index contributed by atoms with van der Waals surface area (Å²) in [6.07, 6.45) is -3.09. The number of amides is 1. The Hall–Kier alpha value is -2.55. The first-order valence-corrected chi connectivity index (χ1v) is 8.39. The molecule has 0 aliphatic carbocycles. The van der Waals surface area contributed by atoms with E-state index in [1.807, 2.05) is 6.07 Å².